The number of phenolic OH excluding ortho intramolecular Hbond substituents is 1. The van der Waals surface area contributed by atoms with Gasteiger partial charge in [-0.3, -0.25) is 4.79 Å². The van der Waals surface area contributed by atoms with Gasteiger partial charge in [0.05, 0.1) is 13.3 Å². The Morgan fingerprint density at radius 1 is 1.23 bits per heavy atom. The highest BCUT2D eigenvalue weighted by molar-refractivity contribution is 6.01. The van der Waals surface area contributed by atoms with Gasteiger partial charge in [0.1, 0.15) is 17.0 Å². The summed E-state index contributed by atoms with van der Waals surface area (Å²) < 4.78 is 10.2. The summed E-state index contributed by atoms with van der Waals surface area (Å²) in [5.41, 5.74) is 4.36. The Labute approximate surface area is 149 Å². The van der Waals surface area contributed by atoms with Crippen molar-refractivity contribution in [2.24, 2.45) is 5.10 Å². The Balaban J connectivity index is 1.81. The Morgan fingerprint density at radius 3 is 2.73 bits per heavy atom. The predicted octanol–water partition coefficient (Wildman–Crippen LogP) is 3.13. The molecule has 3 aromatic rings. The van der Waals surface area contributed by atoms with E-state index in [0.717, 1.165) is 5.56 Å². The molecule has 0 spiro atoms. The number of rotatable bonds is 5. The number of amides is 1. The highest BCUT2D eigenvalue weighted by Gasteiger charge is 2.21. The largest absolute Gasteiger partial charge is 0.504 e. The van der Waals surface area contributed by atoms with E-state index in [1.54, 1.807) is 25.1 Å². The summed E-state index contributed by atoms with van der Waals surface area (Å²) in [7, 11) is 1.46. The number of ether oxygens (including phenoxy) is 1. The average Bonchev–Trinajstić information content (AvgIpc) is 3.05. The van der Waals surface area contributed by atoms with E-state index in [9.17, 15) is 9.90 Å². The maximum absolute atomic E-state index is 12.5. The van der Waals surface area contributed by atoms with Crippen LogP contribution in [0.3, 0.4) is 0 Å². The average molecular weight is 351 g/mol. The number of aryl methyl sites for hydroxylation is 1. The Kier molecular flexibility index (Phi) is 4.98. The molecule has 2 N–H and O–H groups in total. The second kappa shape index (κ2) is 7.52. The van der Waals surface area contributed by atoms with Gasteiger partial charge in [0, 0.05) is 11.1 Å². The SMILES string of the molecule is COc1cccc(/C=N/NC(=O)c2c(-c3ccccc3)noc2C)c1O. The summed E-state index contributed by atoms with van der Waals surface area (Å²) in [6.07, 6.45) is 1.33. The van der Waals surface area contributed by atoms with Crippen molar-refractivity contribution < 1.29 is 19.2 Å². The number of carbonyl (C=O) groups is 1. The molecule has 0 fully saturated rings. The van der Waals surface area contributed by atoms with Gasteiger partial charge in [-0.15, -0.1) is 0 Å². The number of aromatic hydroxyl groups is 1. The lowest BCUT2D eigenvalue weighted by Crippen LogP contribution is -2.18. The Bertz CT molecular complexity index is 949. The van der Waals surface area contributed by atoms with E-state index < -0.39 is 5.91 Å². The molecular formula is C19H17N3O4. The molecule has 132 valence electrons. The number of carbonyl (C=O) groups excluding carboxylic acids is 1. The third-order valence-electron chi connectivity index (χ3n) is 3.76. The van der Waals surface area contributed by atoms with E-state index in [1.165, 1.54) is 13.3 Å². The minimum atomic E-state index is -0.457. The van der Waals surface area contributed by atoms with Crippen LogP contribution in [0.5, 0.6) is 11.5 Å². The maximum Gasteiger partial charge on any atom is 0.277 e. The van der Waals surface area contributed by atoms with Crippen molar-refractivity contribution in [3.63, 3.8) is 0 Å². The van der Waals surface area contributed by atoms with E-state index in [1.807, 2.05) is 30.3 Å². The van der Waals surface area contributed by atoms with Crippen molar-refractivity contribution in [1.29, 1.82) is 0 Å². The Hall–Kier alpha value is -3.61. The molecule has 3 rings (SSSR count). The van der Waals surface area contributed by atoms with Crippen molar-refractivity contribution in [2.45, 2.75) is 6.92 Å². The summed E-state index contributed by atoms with van der Waals surface area (Å²) in [6, 6.07) is 14.2. The molecule has 7 nitrogen and oxygen atoms in total. The molecule has 0 unspecified atom stereocenters. The van der Waals surface area contributed by atoms with Crippen molar-refractivity contribution in [1.82, 2.24) is 10.6 Å². The molecule has 0 saturated heterocycles. The van der Waals surface area contributed by atoms with Gasteiger partial charge in [-0.2, -0.15) is 5.10 Å². The first kappa shape index (κ1) is 17.2. The van der Waals surface area contributed by atoms with Gasteiger partial charge in [0.2, 0.25) is 0 Å². The summed E-state index contributed by atoms with van der Waals surface area (Å²) in [5.74, 6) is 0.197. The van der Waals surface area contributed by atoms with Gasteiger partial charge >= 0.3 is 0 Å². The van der Waals surface area contributed by atoms with Crippen LogP contribution in [0.4, 0.5) is 0 Å². The van der Waals surface area contributed by atoms with E-state index in [-0.39, 0.29) is 5.75 Å². The van der Waals surface area contributed by atoms with Crippen LogP contribution in [0.25, 0.3) is 11.3 Å². The third kappa shape index (κ3) is 3.41. The van der Waals surface area contributed by atoms with Gasteiger partial charge in [0.15, 0.2) is 11.5 Å². The molecule has 1 aromatic heterocycles. The lowest BCUT2D eigenvalue weighted by molar-refractivity contribution is 0.0954. The molecule has 0 atom stereocenters. The van der Waals surface area contributed by atoms with Crippen LogP contribution in [-0.4, -0.2) is 29.5 Å². The first-order valence-electron chi connectivity index (χ1n) is 7.83. The Morgan fingerprint density at radius 2 is 2.00 bits per heavy atom. The van der Waals surface area contributed by atoms with Gasteiger partial charge in [0.25, 0.3) is 5.91 Å². The second-order valence-corrected chi connectivity index (χ2v) is 5.43. The molecule has 0 bridgehead atoms. The van der Waals surface area contributed by atoms with Gasteiger partial charge in [-0.25, -0.2) is 5.43 Å². The lowest BCUT2D eigenvalue weighted by atomic mass is 10.1. The van der Waals surface area contributed by atoms with Crippen LogP contribution < -0.4 is 10.2 Å². The van der Waals surface area contributed by atoms with Crippen molar-refractivity contribution in [3.8, 4) is 22.8 Å². The fraction of sp³-hybridized carbons (Fsp3) is 0.105. The zero-order valence-electron chi connectivity index (χ0n) is 14.3. The first-order chi connectivity index (χ1) is 12.6. The number of aromatic nitrogens is 1. The fourth-order valence-corrected chi connectivity index (χ4v) is 2.46. The summed E-state index contributed by atoms with van der Waals surface area (Å²) in [5, 5.41) is 17.9. The van der Waals surface area contributed by atoms with E-state index in [0.29, 0.717) is 28.3 Å². The molecule has 26 heavy (non-hydrogen) atoms. The van der Waals surface area contributed by atoms with Crippen molar-refractivity contribution >= 4 is 12.1 Å². The van der Waals surface area contributed by atoms with Gasteiger partial charge in [-0.05, 0) is 19.1 Å². The van der Waals surface area contributed by atoms with Crippen molar-refractivity contribution in [3.05, 3.63) is 65.4 Å². The zero-order chi connectivity index (χ0) is 18.5. The minimum absolute atomic E-state index is 0.0564. The highest BCUT2D eigenvalue weighted by Crippen LogP contribution is 2.28. The molecule has 0 aliphatic carbocycles. The number of para-hydroxylation sites is 1. The highest BCUT2D eigenvalue weighted by atomic mass is 16.5. The number of nitrogens with zero attached hydrogens (tertiary/aromatic N) is 2. The van der Waals surface area contributed by atoms with E-state index >= 15 is 0 Å². The van der Waals surface area contributed by atoms with E-state index in [2.05, 4.69) is 15.7 Å². The molecule has 1 heterocycles. The monoisotopic (exact) mass is 351 g/mol. The van der Waals surface area contributed by atoms with Crippen LogP contribution in [-0.2, 0) is 0 Å². The first-order valence-corrected chi connectivity index (χ1v) is 7.83. The number of hydrogen-bond donors (Lipinski definition) is 2. The minimum Gasteiger partial charge on any atom is -0.504 e. The molecule has 0 radical (unpaired) electrons. The summed E-state index contributed by atoms with van der Waals surface area (Å²) >= 11 is 0. The van der Waals surface area contributed by atoms with Gasteiger partial charge < -0.3 is 14.4 Å². The maximum atomic E-state index is 12.5. The number of methoxy groups -OCH3 is 1. The van der Waals surface area contributed by atoms with Gasteiger partial charge in [-0.1, -0.05) is 41.6 Å². The number of hydrogen-bond acceptors (Lipinski definition) is 6. The molecule has 1 amide bonds. The van der Waals surface area contributed by atoms with Crippen LogP contribution >= 0.6 is 0 Å². The summed E-state index contributed by atoms with van der Waals surface area (Å²) in [4.78, 5) is 12.5. The molecule has 0 saturated carbocycles. The van der Waals surface area contributed by atoms with Crippen LogP contribution in [0, 0.1) is 6.92 Å². The fourth-order valence-electron chi connectivity index (χ4n) is 2.46. The molecule has 7 heteroatoms. The zero-order valence-corrected chi connectivity index (χ0v) is 14.3. The third-order valence-corrected chi connectivity index (χ3v) is 3.76. The number of nitrogens with one attached hydrogen (secondary N) is 1. The standard InChI is InChI=1S/C19H17N3O4/c1-12-16(17(22-26-12)13-7-4-3-5-8-13)19(24)21-20-11-14-9-6-10-15(25-2)18(14)23/h3-11,23H,1-2H3,(H,21,24)/b20-11+. The quantitative estimate of drug-likeness (QED) is 0.544. The normalized spacial score (nSPS) is 10.8. The van der Waals surface area contributed by atoms with Crippen LogP contribution in [0.15, 0.2) is 58.2 Å². The molecular weight excluding hydrogens is 334 g/mol. The topological polar surface area (TPSA) is 97.0 Å². The second-order valence-electron chi connectivity index (χ2n) is 5.43. The molecule has 2 aromatic carbocycles. The van der Waals surface area contributed by atoms with Crippen molar-refractivity contribution in [2.75, 3.05) is 7.11 Å². The number of hydrazone groups is 1. The molecule has 0 aliphatic rings. The number of benzene rings is 2. The smallest absolute Gasteiger partial charge is 0.277 e. The van der Waals surface area contributed by atoms with E-state index in [4.69, 9.17) is 9.26 Å². The summed E-state index contributed by atoms with van der Waals surface area (Å²) in [6.45, 7) is 1.66. The predicted molar refractivity (Wildman–Crippen MR) is 96.4 cm³/mol. The number of phenols is 1. The lowest BCUT2D eigenvalue weighted by Gasteiger charge is -2.05. The van der Waals surface area contributed by atoms with Crippen LogP contribution in [0.1, 0.15) is 21.7 Å². The molecule has 0 aliphatic heterocycles. The van der Waals surface area contributed by atoms with Crippen LogP contribution in [0.2, 0.25) is 0 Å².